The molecule has 4 nitrogen and oxygen atoms in total. The Kier molecular flexibility index (Phi) is 4.80. The van der Waals surface area contributed by atoms with Gasteiger partial charge in [-0.2, -0.15) is 0 Å². The lowest BCUT2D eigenvalue weighted by Gasteiger charge is -2.28. The Labute approximate surface area is 102 Å². The van der Waals surface area contributed by atoms with E-state index in [-0.39, 0.29) is 0 Å². The van der Waals surface area contributed by atoms with Crippen molar-refractivity contribution >= 4 is 17.4 Å². The maximum absolute atomic E-state index is 5.80. The summed E-state index contributed by atoms with van der Waals surface area (Å²) in [4.78, 5) is 10.5. The molecule has 0 fully saturated rings. The number of methoxy groups -OCH3 is 1. The van der Waals surface area contributed by atoms with E-state index in [0.717, 1.165) is 17.9 Å². The Morgan fingerprint density at radius 3 is 2.62 bits per heavy atom. The van der Waals surface area contributed by atoms with Gasteiger partial charge in [-0.1, -0.05) is 0 Å². The number of rotatable bonds is 5. The first kappa shape index (κ1) is 13.0. The molecule has 1 heterocycles. The summed E-state index contributed by atoms with van der Waals surface area (Å²) in [6.07, 6.45) is 1.52. The van der Waals surface area contributed by atoms with E-state index in [2.05, 4.69) is 28.7 Å². The zero-order valence-electron chi connectivity index (χ0n) is 10.2. The van der Waals surface area contributed by atoms with Gasteiger partial charge in [0.1, 0.15) is 12.1 Å². The van der Waals surface area contributed by atoms with Crippen LogP contribution in [0.2, 0.25) is 0 Å². The van der Waals surface area contributed by atoms with Crippen LogP contribution in [0.3, 0.4) is 0 Å². The molecule has 0 aliphatic heterocycles. The molecule has 1 aromatic heterocycles. The van der Waals surface area contributed by atoms with Crippen LogP contribution in [0, 0.1) is 6.92 Å². The highest BCUT2D eigenvalue weighted by molar-refractivity contribution is 6.18. The second-order valence-corrected chi connectivity index (χ2v) is 4.19. The lowest BCUT2D eigenvalue weighted by molar-refractivity contribution is 0.393. The molecule has 0 aliphatic carbocycles. The van der Waals surface area contributed by atoms with Crippen molar-refractivity contribution in [3.05, 3.63) is 11.9 Å². The topological polar surface area (TPSA) is 38.3 Å². The van der Waals surface area contributed by atoms with Gasteiger partial charge in [0, 0.05) is 18.5 Å². The number of hydrogen-bond donors (Lipinski definition) is 0. The molecule has 1 rings (SSSR count). The first-order valence-corrected chi connectivity index (χ1v) is 5.83. The van der Waals surface area contributed by atoms with Crippen molar-refractivity contribution in [2.75, 3.05) is 24.4 Å². The van der Waals surface area contributed by atoms with E-state index in [4.69, 9.17) is 16.3 Å². The monoisotopic (exact) mass is 243 g/mol. The van der Waals surface area contributed by atoms with E-state index in [9.17, 15) is 0 Å². The third-order valence-electron chi connectivity index (χ3n) is 2.43. The number of aromatic nitrogens is 2. The minimum absolute atomic E-state index is 0.344. The van der Waals surface area contributed by atoms with Crippen LogP contribution in [0.25, 0.3) is 0 Å². The van der Waals surface area contributed by atoms with E-state index in [1.165, 1.54) is 6.33 Å². The molecule has 5 heteroatoms. The number of hydrogen-bond acceptors (Lipinski definition) is 4. The van der Waals surface area contributed by atoms with Crippen LogP contribution in [0.5, 0.6) is 5.88 Å². The molecule has 0 atom stereocenters. The van der Waals surface area contributed by atoms with Gasteiger partial charge in [0.15, 0.2) is 0 Å². The maximum atomic E-state index is 5.80. The zero-order chi connectivity index (χ0) is 12.1. The number of halogens is 1. The second-order valence-electron chi connectivity index (χ2n) is 3.81. The third-order valence-corrected chi connectivity index (χ3v) is 2.59. The third kappa shape index (κ3) is 2.76. The predicted molar refractivity (Wildman–Crippen MR) is 66.5 cm³/mol. The largest absolute Gasteiger partial charge is 0.481 e. The maximum Gasteiger partial charge on any atom is 0.221 e. The van der Waals surface area contributed by atoms with Crippen molar-refractivity contribution in [3.8, 4) is 5.88 Å². The molecule has 0 bridgehead atoms. The van der Waals surface area contributed by atoms with Crippen LogP contribution in [0.15, 0.2) is 6.33 Å². The quantitative estimate of drug-likeness (QED) is 0.744. The highest BCUT2D eigenvalue weighted by Gasteiger charge is 2.16. The molecule has 1 aromatic rings. The minimum Gasteiger partial charge on any atom is -0.481 e. The Bertz CT molecular complexity index is 344. The summed E-state index contributed by atoms with van der Waals surface area (Å²) in [7, 11) is 1.61. The van der Waals surface area contributed by atoms with Gasteiger partial charge in [-0.15, -0.1) is 11.6 Å². The Balaban J connectivity index is 3.08. The molecule has 0 aromatic carbocycles. The summed E-state index contributed by atoms with van der Waals surface area (Å²) in [5, 5.41) is 0. The molecule has 90 valence electrons. The standard InChI is InChI=1S/C11H18ClN3O/c1-8(2)15(6-5-12)10-9(3)11(16-4)14-7-13-10/h7-8H,5-6H2,1-4H3. The van der Waals surface area contributed by atoms with Gasteiger partial charge in [-0.25, -0.2) is 9.97 Å². The molecule has 0 saturated carbocycles. The van der Waals surface area contributed by atoms with Crippen molar-refractivity contribution in [1.82, 2.24) is 9.97 Å². The highest BCUT2D eigenvalue weighted by Crippen LogP contribution is 2.24. The lowest BCUT2D eigenvalue weighted by atomic mass is 10.2. The van der Waals surface area contributed by atoms with E-state index in [1.807, 2.05) is 6.92 Å². The fraction of sp³-hybridized carbons (Fsp3) is 0.636. The minimum atomic E-state index is 0.344. The average molecular weight is 244 g/mol. The van der Waals surface area contributed by atoms with Crippen LogP contribution in [0.4, 0.5) is 5.82 Å². The number of anilines is 1. The van der Waals surface area contributed by atoms with Crippen LogP contribution < -0.4 is 9.64 Å². The molecule has 0 saturated heterocycles. The number of nitrogens with zero attached hydrogens (tertiary/aromatic N) is 3. The van der Waals surface area contributed by atoms with E-state index in [1.54, 1.807) is 7.11 Å². The summed E-state index contributed by atoms with van der Waals surface area (Å²) in [6.45, 7) is 6.94. The SMILES string of the molecule is COc1ncnc(N(CCCl)C(C)C)c1C. The molecule has 0 spiro atoms. The van der Waals surface area contributed by atoms with E-state index >= 15 is 0 Å². The molecule has 0 unspecified atom stereocenters. The molecule has 0 N–H and O–H groups in total. The predicted octanol–water partition coefficient (Wildman–Crippen LogP) is 2.25. The highest BCUT2D eigenvalue weighted by atomic mass is 35.5. The zero-order valence-corrected chi connectivity index (χ0v) is 11.0. The van der Waals surface area contributed by atoms with Gasteiger partial charge >= 0.3 is 0 Å². The van der Waals surface area contributed by atoms with Gasteiger partial charge in [0.25, 0.3) is 0 Å². The summed E-state index contributed by atoms with van der Waals surface area (Å²) in [5.41, 5.74) is 0.948. The van der Waals surface area contributed by atoms with Crippen molar-refractivity contribution in [2.45, 2.75) is 26.8 Å². The Morgan fingerprint density at radius 2 is 2.12 bits per heavy atom. The number of ether oxygens (including phenoxy) is 1. The summed E-state index contributed by atoms with van der Waals surface area (Å²) >= 11 is 5.80. The normalized spacial score (nSPS) is 10.6. The van der Waals surface area contributed by atoms with Crippen LogP contribution in [-0.4, -0.2) is 35.5 Å². The second kappa shape index (κ2) is 5.89. The Morgan fingerprint density at radius 1 is 1.44 bits per heavy atom. The van der Waals surface area contributed by atoms with Crippen LogP contribution in [-0.2, 0) is 0 Å². The van der Waals surface area contributed by atoms with Gasteiger partial charge in [-0.3, -0.25) is 0 Å². The van der Waals surface area contributed by atoms with Gasteiger partial charge in [0.05, 0.1) is 12.7 Å². The molecule has 0 amide bonds. The summed E-state index contributed by atoms with van der Waals surface area (Å²) in [6, 6.07) is 0.344. The lowest BCUT2D eigenvalue weighted by Crippen LogP contribution is -2.34. The van der Waals surface area contributed by atoms with Gasteiger partial charge in [0.2, 0.25) is 5.88 Å². The van der Waals surface area contributed by atoms with E-state index < -0.39 is 0 Å². The van der Waals surface area contributed by atoms with Crippen molar-refractivity contribution in [1.29, 1.82) is 0 Å². The number of alkyl halides is 1. The van der Waals surface area contributed by atoms with Gasteiger partial charge < -0.3 is 9.64 Å². The molecular weight excluding hydrogens is 226 g/mol. The van der Waals surface area contributed by atoms with Crippen molar-refractivity contribution in [3.63, 3.8) is 0 Å². The molecular formula is C11H18ClN3O. The smallest absolute Gasteiger partial charge is 0.221 e. The summed E-state index contributed by atoms with van der Waals surface area (Å²) < 4.78 is 5.18. The molecule has 0 aliphatic rings. The van der Waals surface area contributed by atoms with Crippen LogP contribution >= 0.6 is 11.6 Å². The van der Waals surface area contributed by atoms with E-state index in [0.29, 0.717) is 17.8 Å². The fourth-order valence-electron chi connectivity index (χ4n) is 1.62. The summed E-state index contributed by atoms with van der Waals surface area (Å²) in [5.74, 6) is 2.08. The average Bonchev–Trinajstić information content (AvgIpc) is 2.26. The molecule has 0 radical (unpaired) electrons. The fourth-order valence-corrected chi connectivity index (χ4v) is 1.80. The Hall–Kier alpha value is -1.03. The molecule has 16 heavy (non-hydrogen) atoms. The van der Waals surface area contributed by atoms with Crippen LogP contribution in [0.1, 0.15) is 19.4 Å². The first-order chi connectivity index (χ1) is 7.61. The van der Waals surface area contributed by atoms with Crippen molar-refractivity contribution in [2.24, 2.45) is 0 Å². The van der Waals surface area contributed by atoms with Crippen molar-refractivity contribution < 1.29 is 4.74 Å². The van der Waals surface area contributed by atoms with Gasteiger partial charge in [-0.05, 0) is 20.8 Å². The first-order valence-electron chi connectivity index (χ1n) is 5.30.